The number of aliphatic hydroxyl groups excluding tert-OH is 1. The van der Waals surface area contributed by atoms with E-state index >= 15 is 0 Å². The minimum Gasteiger partial charge on any atom is -0.396 e. The minimum absolute atomic E-state index is 0.0165. The summed E-state index contributed by atoms with van der Waals surface area (Å²) >= 11 is 1.52. The molecule has 0 unspecified atom stereocenters. The number of aryl methyl sites for hydroxylation is 2. The van der Waals surface area contributed by atoms with Gasteiger partial charge in [0, 0.05) is 18.0 Å². The number of carbonyl (C=O) groups is 1. The summed E-state index contributed by atoms with van der Waals surface area (Å²) in [6.45, 7) is 8.84. The molecule has 0 saturated heterocycles. The molecule has 0 aliphatic carbocycles. The lowest BCUT2D eigenvalue weighted by atomic mass is 9.90. The normalized spacial score (nSPS) is 11.6. The van der Waals surface area contributed by atoms with Crippen molar-refractivity contribution in [3.8, 4) is 0 Å². The van der Waals surface area contributed by atoms with E-state index in [0.717, 1.165) is 10.4 Å². The van der Waals surface area contributed by atoms with Gasteiger partial charge < -0.3 is 10.4 Å². The summed E-state index contributed by atoms with van der Waals surface area (Å²) in [5.74, 6) is -0.0165. The lowest BCUT2D eigenvalue weighted by molar-refractivity contribution is 0.0932. The van der Waals surface area contributed by atoms with Gasteiger partial charge in [-0.1, -0.05) is 13.8 Å². The fourth-order valence-corrected chi connectivity index (χ4v) is 2.43. The summed E-state index contributed by atoms with van der Waals surface area (Å²) in [4.78, 5) is 13.8. The zero-order chi connectivity index (χ0) is 13.1. The van der Waals surface area contributed by atoms with Crippen LogP contribution in [0.2, 0.25) is 0 Å². The summed E-state index contributed by atoms with van der Waals surface area (Å²) in [7, 11) is 0. The molecule has 1 rings (SSSR count). The molecular weight excluding hydrogens is 234 g/mol. The predicted molar refractivity (Wildman–Crippen MR) is 71.6 cm³/mol. The van der Waals surface area contributed by atoms with Crippen molar-refractivity contribution in [3.63, 3.8) is 0 Å². The second-order valence-electron chi connectivity index (χ2n) is 5.17. The van der Waals surface area contributed by atoms with Gasteiger partial charge in [0.15, 0.2) is 0 Å². The molecule has 0 aromatic carbocycles. The van der Waals surface area contributed by atoms with E-state index in [1.54, 1.807) is 0 Å². The Morgan fingerprint density at radius 2 is 2.12 bits per heavy atom. The van der Waals surface area contributed by atoms with Crippen LogP contribution in [-0.4, -0.2) is 24.2 Å². The third-order valence-corrected chi connectivity index (χ3v) is 4.06. The predicted octanol–water partition coefficient (Wildman–Crippen LogP) is 2.50. The second-order valence-corrected chi connectivity index (χ2v) is 6.43. The Bertz CT molecular complexity index is 377. The number of hydrogen-bond acceptors (Lipinski definition) is 3. The molecule has 0 saturated carbocycles. The van der Waals surface area contributed by atoms with Crippen LogP contribution in [-0.2, 0) is 0 Å². The number of rotatable bonds is 5. The van der Waals surface area contributed by atoms with Crippen molar-refractivity contribution >= 4 is 17.2 Å². The summed E-state index contributed by atoms with van der Waals surface area (Å²) in [6, 6.07) is 1.92. The first-order chi connectivity index (χ1) is 7.85. The third kappa shape index (κ3) is 4.13. The average molecular weight is 255 g/mol. The van der Waals surface area contributed by atoms with Crippen LogP contribution in [0.4, 0.5) is 0 Å². The molecule has 0 fully saturated rings. The summed E-state index contributed by atoms with van der Waals surface area (Å²) in [5.41, 5.74) is 1.10. The van der Waals surface area contributed by atoms with Gasteiger partial charge >= 0.3 is 0 Å². The molecule has 0 radical (unpaired) electrons. The van der Waals surface area contributed by atoms with Gasteiger partial charge in [-0.2, -0.15) is 0 Å². The molecule has 0 spiro atoms. The van der Waals surface area contributed by atoms with Gasteiger partial charge in [0.1, 0.15) is 0 Å². The summed E-state index contributed by atoms with van der Waals surface area (Å²) in [6.07, 6.45) is 0.690. The van der Waals surface area contributed by atoms with E-state index in [1.165, 1.54) is 16.2 Å². The third-order valence-electron chi connectivity index (χ3n) is 2.91. The van der Waals surface area contributed by atoms with E-state index in [0.29, 0.717) is 13.0 Å². The van der Waals surface area contributed by atoms with E-state index in [1.807, 2.05) is 33.8 Å². The molecule has 0 bridgehead atoms. The van der Waals surface area contributed by atoms with Crippen LogP contribution in [0.15, 0.2) is 6.07 Å². The van der Waals surface area contributed by atoms with Gasteiger partial charge in [0.05, 0.1) is 4.88 Å². The number of nitrogens with one attached hydrogen (secondary N) is 1. The van der Waals surface area contributed by atoms with Gasteiger partial charge in [0.25, 0.3) is 5.91 Å². The standard InChI is InChI=1S/C13H21NO2S/c1-9-7-11(17-10(9)2)12(16)14-8-13(3,4)5-6-15/h7,15H,5-6,8H2,1-4H3,(H,14,16). The highest BCUT2D eigenvalue weighted by Crippen LogP contribution is 2.22. The van der Waals surface area contributed by atoms with Gasteiger partial charge in [-0.25, -0.2) is 0 Å². The zero-order valence-electron chi connectivity index (χ0n) is 11.0. The molecule has 1 heterocycles. The smallest absolute Gasteiger partial charge is 0.261 e. The zero-order valence-corrected chi connectivity index (χ0v) is 11.8. The molecule has 4 heteroatoms. The molecule has 1 aromatic rings. The highest BCUT2D eigenvalue weighted by atomic mass is 32.1. The fraction of sp³-hybridized carbons (Fsp3) is 0.615. The lowest BCUT2D eigenvalue weighted by Crippen LogP contribution is -2.34. The monoisotopic (exact) mass is 255 g/mol. The minimum atomic E-state index is -0.0637. The molecule has 17 heavy (non-hydrogen) atoms. The number of thiophene rings is 1. The Hall–Kier alpha value is -0.870. The Balaban J connectivity index is 2.56. The molecule has 1 aromatic heterocycles. The number of aliphatic hydroxyl groups is 1. The first-order valence-electron chi connectivity index (χ1n) is 5.82. The van der Waals surface area contributed by atoms with E-state index in [4.69, 9.17) is 5.11 Å². The van der Waals surface area contributed by atoms with Crippen LogP contribution in [0.5, 0.6) is 0 Å². The van der Waals surface area contributed by atoms with Crippen LogP contribution in [0.3, 0.4) is 0 Å². The van der Waals surface area contributed by atoms with Crippen LogP contribution in [0, 0.1) is 19.3 Å². The number of amides is 1. The van der Waals surface area contributed by atoms with E-state index in [2.05, 4.69) is 5.32 Å². The second kappa shape index (κ2) is 5.65. The van der Waals surface area contributed by atoms with Gasteiger partial charge in [-0.15, -0.1) is 11.3 Å². The Labute approximate surface area is 107 Å². The summed E-state index contributed by atoms with van der Waals surface area (Å²) in [5, 5.41) is 11.8. The number of hydrogen-bond donors (Lipinski definition) is 2. The van der Waals surface area contributed by atoms with Crippen molar-refractivity contribution in [2.45, 2.75) is 34.1 Å². The molecule has 2 N–H and O–H groups in total. The van der Waals surface area contributed by atoms with Gasteiger partial charge in [0.2, 0.25) is 0 Å². The SMILES string of the molecule is Cc1cc(C(=O)NCC(C)(C)CCO)sc1C. The van der Waals surface area contributed by atoms with E-state index < -0.39 is 0 Å². The Morgan fingerprint density at radius 1 is 1.47 bits per heavy atom. The highest BCUT2D eigenvalue weighted by Gasteiger charge is 2.19. The van der Waals surface area contributed by atoms with Crippen LogP contribution < -0.4 is 5.32 Å². The number of carbonyl (C=O) groups excluding carboxylic acids is 1. The fourth-order valence-electron chi connectivity index (χ4n) is 1.48. The molecular formula is C13H21NO2S. The lowest BCUT2D eigenvalue weighted by Gasteiger charge is -2.23. The molecule has 96 valence electrons. The van der Waals surface area contributed by atoms with Crippen LogP contribution in [0.1, 0.15) is 40.4 Å². The Kier molecular flexibility index (Phi) is 4.71. The van der Waals surface area contributed by atoms with Crippen molar-refractivity contribution in [1.29, 1.82) is 0 Å². The first-order valence-corrected chi connectivity index (χ1v) is 6.63. The van der Waals surface area contributed by atoms with Gasteiger partial charge in [-0.05, 0) is 37.3 Å². The summed E-state index contributed by atoms with van der Waals surface area (Å²) < 4.78 is 0. The van der Waals surface area contributed by atoms with Gasteiger partial charge in [-0.3, -0.25) is 4.79 Å². The van der Waals surface area contributed by atoms with Crippen LogP contribution in [0.25, 0.3) is 0 Å². The molecule has 0 atom stereocenters. The van der Waals surface area contributed by atoms with Crippen molar-refractivity contribution in [2.24, 2.45) is 5.41 Å². The van der Waals surface area contributed by atoms with Crippen molar-refractivity contribution in [1.82, 2.24) is 5.32 Å². The largest absolute Gasteiger partial charge is 0.396 e. The van der Waals surface area contributed by atoms with Crippen molar-refractivity contribution < 1.29 is 9.90 Å². The van der Waals surface area contributed by atoms with Crippen molar-refractivity contribution in [2.75, 3.05) is 13.2 Å². The Morgan fingerprint density at radius 3 is 2.59 bits per heavy atom. The molecule has 1 amide bonds. The van der Waals surface area contributed by atoms with Crippen LogP contribution >= 0.6 is 11.3 Å². The molecule has 0 aliphatic heterocycles. The quantitative estimate of drug-likeness (QED) is 0.849. The maximum Gasteiger partial charge on any atom is 0.261 e. The molecule has 3 nitrogen and oxygen atoms in total. The first kappa shape index (κ1) is 14.2. The maximum atomic E-state index is 11.9. The van der Waals surface area contributed by atoms with Crippen molar-refractivity contribution in [3.05, 3.63) is 21.4 Å². The maximum absolute atomic E-state index is 11.9. The molecule has 0 aliphatic rings. The van der Waals surface area contributed by atoms with E-state index in [9.17, 15) is 4.79 Å². The highest BCUT2D eigenvalue weighted by molar-refractivity contribution is 7.14. The average Bonchev–Trinajstić information content (AvgIpc) is 2.56. The van der Waals surface area contributed by atoms with E-state index in [-0.39, 0.29) is 17.9 Å². The topological polar surface area (TPSA) is 49.3 Å².